The molecule has 0 radical (unpaired) electrons. The minimum atomic E-state index is -0.299. The van der Waals surface area contributed by atoms with Gasteiger partial charge < -0.3 is 4.74 Å². The van der Waals surface area contributed by atoms with Gasteiger partial charge in [0, 0.05) is 12.8 Å². The van der Waals surface area contributed by atoms with Crippen LogP contribution in [0, 0.1) is 0 Å². The van der Waals surface area contributed by atoms with Crippen molar-refractivity contribution in [3.63, 3.8) is 0 Å². The molecule has 0 amide bonds. The molecule has 1 aromatic rings. The van der Waals surface area contributed by atoms with E-state index in [1.165, 1.54) is 5.56 Å². The van der Waals surface area contributed by atoms with Gasteiger partial charge in [0.1, 0.15) is 5.78 Å². The lowest BCUT2D eigenvalue weighted by Gasteiger charge is -2.03. The minimum Gasteiger partial charge on any atom is -0.466 e. The Bertz CT molecular complexity index is 393. The van der Waals surface area contributed by atoms with E-state index >= 15 is 0 Å². The van der Waals surface area contributed by atoms with Gasteiger partial charge in [-0.15, -0.1) is 0 Å². The average Bonchev–Trinajstić information content (AvgIpc) is 2.38. The van der Waals surface area contributed by atoms with E-state index in [1.807, 2.05) is 24.3 Å². The molecule has 18 heavy (non-hydrogen) atoms. The average molecular weight is 248 g/mol. The molecule has 1 rings (SSSR count). The van der Waals surface area contributed by atoms with Crippen LogP contribution < -0.4 is 0 Å². The fraction of sp³-hybridized carbons (Fsp3) is 0.467. The molecule has 0 atom stereocenters. The number of hydrogen-bond acceptors (Lipinski definition) is 3. The van der Waals surface area contributed by atoms with E-state index in [-0.39, 0.29) is 24.6 Å². The Morgan fingerprint density at radius 3 is 2.17 bits per heavy atom. The van der Waals surface area contributed by atoms with E-state index in [2.05, 4.69) is 6.92 Å². The molecule has 0 aromatic heterocycles. The Kier molecular flexibility index (Phi) is 6.12. The van der Waals surface area contributed by atoms with Crippen molar-refractivity contribution >= 4 is 11.8 Å². The molecule has 0 aliphatic heterocycles. The number of rotatable bonds is 7. The smallest absolute Gasteiger partial charge is 0.306 e. The van der Waals surface area contributed by atoms with Crippen LogP contribution in [-0.2, 0) is 27.2 Å². The summed E-state index contributed by atoms with van der Waals surface area (Å²) in [5.74, 6) is -0.223. The highest BCUT2D eigenvalue weighted by Gasteiger charge is 2.08. The molecule has 0 heterocycles. The lowest BCUT2D eigenvalue weighted by molar-refractivity contribution is -0.144. The largest absolute Gasteiger partial charge is 0.466 e. The molecule has 0 fully saturated rings. The van der Waals surface area contributed by atoms with Crippen LogP contribution in [0.25, 0.3) is 0 Å². The van der Waals surface area contributed by atoms with E-state index in [0.29, 0.717) is 13.0 Å². The number of benzene rings is 1. The van der Waals surface area contributed by atoms with Crippen LogP contribution in [0.5, 0.6) is 0 Å². The van der Waals surface area contributed by atoms with E-state index in [1.54, 1.807) is 6.92 Å². The molecule has 0 aliphatic carbocycles. The summed E-state index contributed by atoms with van der Waals surface area (Å²) < 4.78 is 4.78. The number of esters is 1. The number of carbonyl (C=O) groups excluding carboxylic acids is 2. The summed E-state index contributed by atoms with van der Waals surface area (Å²) >= 11 is 0. The zero-order valence-corrected chi connectivity index (χ0v) is 11.1. The summed E-state index contributed by atoms with van der Waals surface area (Å²) in [5, 5.41) is 0. The standard InChI is InChI=1S/C15H20O3/c1-3-12-5-7-13(8-6-12)11-14(16)9-10-15(17)18-4-2/h5-8H,3-4,9-11H2,1-2H3. The van der Waals surface area contributed by atoms with Gasteiger partial charge in [0.05, 0.1) is 13.0 Å². The summed E-state index contributed by atoms with van der Waals surface area (Å²) in [7, 11) is 0. The van der Waals surface area contributed by atoms with Crippen molar-refractivity contribution in [2.24, 2.45) is 0 Å². The molecule has 0 unspecified atom stereocenters. The first kappa shape index (κ1) is 14.4. The van der Waals surface area contributed by atoms with Crippen molar-refractivity contribution in [2.75, 3.05) is 6.61 Å². The molecular formula is C15H20O3. The van der Waals surface area contributed by atoms with Crippen LogP contribution in [0.3, 0.4) is 0 Å². The Hall–Kier alpha value is -1.64. The van der Waals surface area contributed by atoms with Crippen molar-refractivity contribution in [3.05, 3.63) is 35.4 Å². The first-order valence-electron chi connectivity index (χ1n) is 6.40. The van der Waals surface area contributed by atoms with Gasteiger partial charge in [-0.05, 0) is 24.5 Å². The minimum absolute atomic E-state index is 0.0762. The zero-order valence-electron chi connectivity index (χ0n) is 11.1. The third kappa shape index (κ3) is 5.13. The van der Waals surface area contributed by atoms with E-state index in [9.17, 15) is 9.59 Å². The van der Waals surface area contributed by atoms with Gasteiger partial charge in [-0.1, -0.05) is 31.2 Å². The molecule has 3 heteroatoms. The monoisotopic (exact) mass is 248 g/mol. The third-order valence-corrected chi connectivity index (χ3v) is 2.75. The predicted molar refractivity (Wildman–Crippen MR) is 70.4 cm³/mol. The summed E-state index contributed by atoms with van der Waals surface area (Å²) in [6, 6.07) is 8.02. The zero-order chi connectivity index (χ0) is 13.4. The van der Waals surface area contributed by atoms with Gasteiger partial charge in [-0.2, -0.15) is 0 Å². The number of ether oxygens (including phenoxy) is 1. The molecule has 0 bridgehead atoms. The van der Waals surface area contributed by atoms with Crippen molar-refractivity contribution in [2.45, 2.75) is 39.5 Å². The Balaban J connectivity index is 2.37. The molecule has 98 valence electrons. The summed E-state index contributed by atoms with van der Waals surface area (Å²) in [6.07, 6.45) is 1.83. The molecular weight excluding hydrogens is 228 g/mol. The van der Waals surface area contributed by atoms with Crippen LogP contribution in [0.1, 0.15) is 37.8 Å². The number of hydrogen-bond donors (Lipinski definition) is 0. The van der Waals surface area contributed by atoms with Gasteiger partial charge in [0.15, 0.2) is 0 Å². The number of aryl methyl sites for hydroxylation is 1. The molecule has 1 aromatic carbocycles. The predicted octanol–water partition coefficient (Wildman–Crippen LogP) is 2.70. The van der Waals surface area contributed by atoms with Crippen LogP contribution in [0.2, 0.25) is 0 Å². The molecule has 0 spiro atoms. The van der Waals surface area contributed by atoms with Gasteiger partial charge in [0.2, 0.25) is 0 Å². The second-order valence-corrected chi connectivity index (χ2v) is 4.19. The van der Waals surface area contributed by atoms with E-state index in [4.69, 9.17) is 4.74 Å². The SMILES string of the molecule is CCOC(=O)CCC(=O)Cc1ccc(CC)cc1. The number of carbonyl (C=O) groups is 2. The first-order valence-corrected chi connectivity index (χ1v) is 6.40. The Morgan fingerprint density at radius 2 is 1.61 bits per heavy atom. The van der Waals surface area contributed by atoms with Gasteiger partial charge in [-0.25, -0.2) is 0 Å². The van der Waals surface area contributed by atoms with Crippen molar-refractivity contribution < 1.29 is 14.3 Å². The van der Waals surface area contributed by atoms with Crippen molar-refractivity contribution in [1.29, 1.82) is 0 Å². The highest BCUT2D eigenvalue weighted by Crippen LogP contribution is 2.08. The molecule has 0 N–H and O–H groups in total. The second-order valence-electron chi connectivity index (χ2n) is 4.19. The summed E-state index contributed by atoms with van der Waals surface area (Å²) in [5.41, 5.74) is 2.26. The van der Waals surface area contributed by atoms with E-state index < -0.39 is 0 Å². The molecule has 0 saturated heterocycles. The fourth-order valence-corrected chi connectivity index (χ4v) is 1.68. The highest BCUT2D eigenvalue weighted by molar-refractivity contribution is 5.84. The summed E-state index contributed by atoms with van der Waals surface area (Å²) in [4.78, 5) is 22.8. The number of ketones is 1. The van der Waals surface area contributed by atoms with Crippen molar-refractivity contribution in [3.8, 4) is 0 Å². The normalized spacial score (nSPS) is 10.1. The highest BCUT2D eigenvalue weighted by atomic mass is 16.5. The van der Waals surface area contributed by atoms with Crippen molar-refractivity contribution in [1.82, 2.24) is 0 Å². The Morgan fingerprint density at radius 1 is 1.00 bits per heavy atom. The van der Waals surface area contributed by atoms with Gasteiger partial charge in [0.25, 0.3) is 0 Å². The maximum Gasteiger partial charge on any atom is 0.306 e. The molecule has 3 nitrogen and oxygen atoms in total. The fourth-order valence-electron chi connectivity index (χ4n) is 1.68. The summed E-state index contributed by atoms with van der Waals surface area (Å²) in [6.45, 7) is 4.22. The van der Waals surface area contributed by atoms with Crippen LogP contribution in [0.15, 0.2) is 24.3 Å². The lowest BCUT2D eigenvalue weighted by Crippen LogP contribution is -2.09. The van der Waals surface area contributed by atoms with Gasteiger partial charge in [-0.3, -0.25) is 9.59 Å². The maximum atomic E-state index is 11.7. The lowest BCUT2D eigenvalue weighted by atomic mass is 10.0. The third-order valence-electron chi connectivity index (χ3n) is 2.75. The number of Topliss-reactive ketones (excluding diaryl/α,β-unsaturated/α-hetero) is 1. The quantitative estimate of drug-likeness (QED) is 0.697. The Labute approximate surface area is 108 Å². The van der Waals surface area contributed by atoms with E-state index in [0.717, 1.165) is 12.0 Å². The maximum absolute atomic E-state index is 11.7. The first-order chi connectivity index (χ1) is 8.65. The van der Waals surface area contributed by atoms with Gasteiger partial charge >= 0.3 is 5.97 Å². The topological polar surface area (TPSA) is 43.4 Å². The molecule has 0 aliphatic rings. The van der Waals surface area contributed by atoms with Crippen LogP contribution >= 0.6 is 0 Å². The van der Waals surface area contributed by atoms with Crippen LogP contribution in [0.4, 0.5) is 0 Å². The molecule has 0 saturated carbocycles. The van der Waals surface area contributed by atoms with Crippen LogP contribution in [-0.4, -0.2) is 18.4 Å². The second kappa shape index (κ2) is 7.64.